The van der Waals surface area contributed by atoms with Crippen molar-refractivity contribution >= 4 is 27.3 Å². The Morgan fingerprint density at radius 1 is 0.963 bits per heavy atom. The molecule has 0 atom stereocenters. The van der Waals surface area contributed by atoms with Crippen LogP contribution in [-0.4, -0.2) is 44.8 Å². The van der Waals surface area contributed by atoms with Crippen LogP contribution in [0.3, 0.4) is 0 Å². The fourth-order valence-electron chi connectivity index (χ4n) is 3.37. The Bertz CT molecular complexity index is 931. The van der Waals surface area contributed by atoms with Crippen molar-refractivity contribution in [2.75, 3.05) is 36.4 Å². The first-order chi connectivity index (χ1) is 12.8. The second kappa shape index (κ2) is 7.70. The van der Waals surface area contributed by atoms with Crippen molar-refractivity contribution in [3.8, 4) is 0 Å². The van der Waals surface area contributed by atoms with E-state index >= 15 is 0 Å². The zero-order valence-corrected chi connectivity index (χ0v) is 16.7. The summed E-state index contributed by atoms with van der Waals surface area (Å²) in [4.78, 5) is 13.7. The largest absolute Gasteiger partial charge is 0.369 e. The average molecular weight is 388 g/mol. The van der Waals surface area contributed by atoms with E-state index in [0.717, 1.165) is 22.5 Å². The summed E-state index contributed by atoms with van der Waals surface area (Å²) in [6.07, 6.45) is 0. The van der Waals surface area contributed by atoms with Gasteiger partial charge in [0, 0.05) is 44.5 Å². The highest BCUT2D eigenvalue weighted by atomic mass is 32.2. The van der Waals surface area contributed by atoms with E-state index < -0.39 is 10.0 Å². The van der Waals surface area contributed by atoms with Crippen LogP contribution in [-0.2, 0) is 14.8 Å². The normalized spacial score (nSPS) is 15.6. The summed E-state index contributed by atoms with van der Waals surface area (Å²) < 4.78 is 27.5. The molecule has 1 saturated heterocycles. The monoisotopic (exact) mass is 387 g/mol. The Hall–Kier alpha value is -2.38. The first-order valence-electron chi connectivity index (χ1n) is 8.97. The highest BCUT2D eigenvalue weighted by molar-refractivity contribution is 7.89. The van der Waals surface area contributed by atoms with Crippen LogP contribution in [0.15, 0.2) is 47.4 Å². The number of nitrogens with zero attached hydrogens (tertiary/aromatic N) is 2. The number of carbonyl (C=O) groups is 1. The molecule has 0 bridgehead atoms. The van der Waals surface area contributed by atoms with Crippen molar-refractivity contribution in [3.63, 3.8) is 0 Å². The molecule has 144 valence electrons. The van der Waals surface area contributed by atoms with Gasteiger partial charge >= 0.3 is 0 Å². The lowest BCUT2D eigenvalue weighted by Gasteiger charge is -2.35. The predicted octanol–water partition coefficient (Wildman–Crippen LogP) is 2.77. The second-order valence-electron chi connectivity index (χ2n) is 6.89. The summed E-state index contributed by atoms with van der Waals surface area (Å²) >= 11 is 0. The molecule has 1 N–H and O–H groups in total. The number of carbonyl (C=O) groups excluding carboxylic acids is 1. The molecule has 0 unspecified atom stereocenters. The molecule has 0 spiro atoms. The lowest BCUT2D eigenvalue weighted by molar-refractivity contribution is -0.114. The van der Waals surface area contributed by atoms with Gasteiger partial charge in [-0.25, -0.2) is 8.42 Å². The minimum atomic E-state index is -3.48. The van der Waals surface area contributed by atoms with Crippen LogP contribution in [0.5, 0.6) is 0 Å². The fraction of sp³-hybridized carbons (Fsp3) is 0.350. The third-order valence-electron chi connectivity index (χ3n) is 4.74. The van der Waals surface area contributed by atoms with E-state index in [1.807, 2.05) is 50.2 Å². The maximum absolute atomic E-state index is 13.0. The molecule has 0 saturated carbocycles. The number of nitrogens with one attached hydrogen (secondary N) is 1. The molecule has 6 nitrogen and oxygen atoms in total. The van der Waals surface area contributed by atoms with Crippen molar-refractivity contribution < 1.29 is 13.2 Å². The molecule has 1 fully saturated rings. The zero-order valence-electron chi connectivity index (χ0n) is 15.9. The minimum absolute atomic E-state index is 0.104. The Morgan fingerprint density at radius 2 is 1.59 bits per heavy atom. The first-order valence-corrected chi connectivity index (χ1v) is 10.4. The van der Waals surface area contributed by atoms with E-state index in [1.165, 1.54) is 6.92 Å². The van der Waals surface area contributed by atoms with E-state index in [-0.39, 0.29) is 5.91 Å². The molecule has 0 radical (unpaired) electrons. The standard InChI is InChI=1S/C20H25N3O3S/c1-15-4-9-20(16(2)14-15)27(25,26)23-12-10-22(11-13-23)19-7-5-18(6-8-19)21-17(3)24/h4-9,14H,10-13H2,1-3H3,(H,21,24). The number of rotatable bonds is 4. The lowest BCUT2D eigenvalue weighted by atomic mass is 10.2. The Morgan fingerprint density at radius 3 is 2.15 bits per heavy atom. The SMILES string of the molecule is CC(=O)Nc1ccc(N2CCN(S(=O)(=O)c3ccc(C)cc3C)CC2)cc1. The van der Waals surface area contributed by atoms with E-state index in [1.54, 1.807) is 10.4 Å². The maximum atomic E-state index is 13.0. The number of aryl methyl sites for hydroxylation is 2. The molecular formula is C20H25N3O3S. The summed E-state index contributed by atoms with van der Waals surface area (Å²) in [6, 6.07) is 13.0. The summed E-state index contributed by atoms with van der Waals surface area (Å²) in [5.74, 6) is -0.104. The molecule has 1 amide bonds. The van der Waals surface area contributed by atoms with Crippen LogP contribution < -0.4 is 10.2 Å². The van der Waals surface area contributed by atoms with Gasteiger partial charge in [-0.2, -0.15) is 4.31 Å². The van der Waals surface area contributed by atoms with E-state index in [0.29, 0.717) is 31.1 Å². The highest BCUT2D eigenvalue weighted by Gasteiger charge is 2.29. The molecule has 1 aliphatic rings. The molecule has 1 heterocycles. The van der Waals surface area contributed by atoms with Gasteiger partial charge < -0.3 is 10.2 Å². The van der Waals surface area contributed by atoms with Crippen molar-refractivity contribution in [1.82, 2.24) is 4.31 Å². The predicted molar refractivity (Wildman–Crippen MR) is 108 cm³/mol. The summed E-state index contributed by atoms with van der Waals surface area (Å²) in [5, 5.41) is 2.74. The van der Waals surface area contributed by atoms with Crippen LogP contribution in [0.1, 0.15) is 18.1 Å². The molecule has 27 heavy (non-hydrogen) atoms. The van der Waals surface area contributed by atoms with Crippen LogP contribution in [0.4, 0.5) is 11.4 Å². The summed E-state index contributed by atoms with van der Waals surface area (Å²) in [5.41, 5.74) is 3.61. The number of amides is 1. The highest BCUT2D eigenvalue weighted by Crippen LogP contribution is 2.24. The number of hydrogen-bond acceptors (Lipinski definition) is 4. The third kappa shape index (κ3) is 4.31. The van der Waals surface area contributed by atoms with Gasteiger partial charge in [0.05, 0.1) is 4.90 Å². The Labute approximate surface area is 160 Å². The van der Waals surface area contributed by atoms with Gasteiger partial charge in [-0.15, -0.1) is 0 Å². The number of hydrogen-bond donors (Lipinski definition) is 1. The van der Waals surface area contributed by atoms with Gasteiger partial charge in [0.2, 0.25) is 15.9 Å². The van der Waals surface area contributed by atoms with Gasteiger partial charge in [0.25, 0.3) is 0 Å². The summed E-state index contributed by atoms with van der Waals surface area (Å²) in [7, 11) is -3.48. The number of sulfonamides is 1. The van der Waals surface area contributed by atoms with Gasteiger partial charge in [-0.3, -0.25) is 4.79 Å². The molecule has 1 aliphatic heterocycles. The number of piperazine rings is 1. The smallest absolute Gasteiger partial charge is 0.243 e. The van der Waals surface area contributed by atoms with Crippen molar-refractivity contribution in [3.05, 3.63) is 53.6 Å². The maximum Gasteiger partial charge on any atom is 0.243 e. The Kier molecular flexibility index (Phi) is 5.53. The Balaban J connectivity index is 1.68. The van der Waals surface area contributed by atoms with Gasteiger partial charge in [-0.1, -0.05) is 17.7 Å². The quantitative estimate of drug-likeness (QED) is 0.876. The van der Waals surface area contributed by atoms with Crippen molar-refractivity contribution in [2.45, 2.75) is 25.7 Å². The van der Waals surface area contributed by atoms with E-state index in [9.17, 15) is 13.2 Å². The van der Waals surface area contributed by atoms with Crippen molar-refractivity contribution in [1.29, 1.82) is 0 Å². The van der Waals surface area contributed by atoms with Gasteiger partial charge in [0.1, 0.15) is 0 Å². The molecule has 0 aliphatic carbocycles. The van der Waals surface area contributed by atoms with E-state index in [4.69, 9.17) is 0 Å². The summed E-state index contributed by atoms with van der Waals surface area (Å²) in [6.45, 7) is 7.43. The van der Waals surface area contributed by atoms with Crippen LogP contribution in [0.25, 0.3) is 0 Å². The molecule has 2 aromatic rings. The lowest BCUT2D eigenvalue weighted by Crippen LogP contribution is -2.48. The minimum Gasteiger partial charge on any atom is -0.369 e. The average Bonchev–Trinajstić information content (AvgIpc) is 2.61. The molecule has 2 aromatic carbocycles. The molecular weight excluding hydrogens is 362 g/mol. The number of benzene rings is 2. The molecule has 3 rings (SSSR count). The van der Waals surface area contributed by atoms with Crippen LogP contribution in [0, 0.1) is 13.8 Å². The number of anilines is 2. The van der Waals surface area contributed by atoms with Crippen LogP contribution >= 0.6 is 0 Å². The second-order valence-corrected chi connectivity index (χ2v) is 8.79. The third-order valence-corrected chi connectivity index (χ3v) is 6.80. The zero-order chi connectivity index (χ0) is 19.6. The topological polar surface area (TPSA) is 69.7 Å². The van der Waals surface area contributed by atoms with E-state index in [2.05, 4.69) is 10.2 Å². The van der Waals surface area contributed by atoms with Crippen molar-refractivity contribution in [2.24, 2.45) is 0 Å². The fourth-order valence-corrected chi connectivity index (χ4v) is 5.00. The molecule has 7 heteroatoms. The van der Waals surface area contributed by atoms with Gasteiger partial charge in [0.15, 0.2) is 0 Å². The molecule has 0 aromatic heterocycles. The first kappa shape index (κ1) is 19.4. The van der Waals surface area contributed by atoms with Gasteiger partial charge in [-0.05, 0) is 49.7 Å². The van der Waals surface area contributed by atoms with Crippen LogP contribution in [0.2, 0.25) is 0 Å².